The van der Waals surface area contributed by atoms with Gasteiger partial charge in [-0.25, -0.2) is 0 Å². The van der Waals surface area contributed by atoms with Gasteiger partial charge in [0.25, 0.3) is 0 Å². The summed E-state index contributed by atoms with van der Waals surface area (Å²) in [5.41, 5.74) is 2.17. The van der Waals surface area contributed by atoms with Crippen LogP contribution >= 0.6 is 0 Å². The lowest BCUT2D eigenvalue weighted by atomic mass is 10.1. The van der Waals surface area contributed by atoms with E-state index in [1.54, 1.807) is 12.4 Å². The second kappa shape index (κ2) is 5.95. The highest BCUT2D eigenvalue weighted by molar-refractivity contribution is 5.77. The molecule has 1 aliphatic heterocycles. The summed E-state index contributed by atoms with van der Waals surface area (Å²) in [6.45, 7) is 5.09. The molecule has 0 aliphatic carbocycles. The van der Waals surface area contributed by atoms with Crippen LogP contribution in [0, 0.1) is 0 Å². The smallest absolute Gasteiger partial charge is 0.222 e. The van der Waals surface area contributed by atoms with Crippen LogP contribution < -0.4 is 4.90 Å². The Hall–Kier alpha value is -2.37. The highest BCUT2D eigenvalue weighted by Crippen LogP contribution is 2.28. The van der Waals surface area contributed by atoms with Crippen LogP contribution in [-0.2, 0) is 4.79 Å². The fourth-order valence-electron chi connectivity index (χ4n) is 2.67. The van der Waals surface area contributed by atoms with Gasteiger partial charge in [-0.15, -0.1) is 0 Å². The Bertz CT molecular complexity index is 602. The molecule has 6 heteroatoms. The number of nitrogens with one attached hydrogen (secondary N) is 1. The number of nitrogens with zero attached hydrogens (tertiary/aromatic N) is 4. The summed E-state index contributed by atoms with van der Waals surface area (Å²) in [4.78, 5) is 20.0. The molecular weight excluding hydrogens is 266 g/mol. The molecule has 1 saturated heterocycles. The number of rotatable bonds is 3. The summed E-state index contributed by atoms with van der Waals surface area (Å²) in [5, 5.41) is 7.26. The highest BCUT2D eigenvalue weighted by Gasteiger charge is 2.22. The molecule has 21 heavy (non-hydrogen) atoms. The van der Waals surface area contributed by atoms with Crippen LogP contribution in [0.5, 0.6) is 0 Å². The number of hydrogen-bond acceptors (Lipinski definition) is 4. The van der Waals surface area contributed by atoms with Crippen LogP contribution in [0.3, 0.4) is 0 Å². The first-order chi connectivity index (χ1) is 10.3. The molecule has 6 nitrogen and oxygen atoms in total. The summed E-state index contributed by atoms with van der Waals surface area (Å²) >= 11 is 0. The van der Waals surface area contributed by atoms with Gasteiger partial charge in [-0.05, 0) is 17.7 Å². The number of aromatic nitrogens is 3. The molecule has 0 radical (unpaired) electrons. The maximum absolute atomic E-state index is 11.7. The fourth-order valence-corrected chi connectivity index (χ4v) is 2.67. The van der Waals surface area contributed by atoms with Gasteiger partial charge in [0.2, 0.25) is 5.91 Å². The summed E-state index contributed by atoms with van der Waals surface area (Å²) in [6.07, 6.45) is 5.98. The molecule has 3 heterocycles. The van der Waals surface area contributed by atoms with Crippen molar-refractivity contribution in [3.8, 4) is 11.1 Å². The lowest BCUT2D eigenvalue weighted by Gasteiger charge is -2.35. The number of aromatic amines is 1. The molecular formula is C15H19N5O. The molecule has 0 atom stereocenters. The molecule has 0 unspecified atom stereocenters. The van der Waals surface area contributed by atoms with Crippen molar-refractivity contribution in [2.45, 2.75) is 13.3 Å². The van der Waals surface area contributed by atoms with Crippen molar-refractivity contribution in [1.29, 1.82) is 0 Å². The Labute approximate surface area is 123 Å². The second-order valence-corrected chi connectivity index (χ2v) is 5.09. The van der Waals surface area contributed by atoms with E-state index in [1.165, 1.54) is 0 Å². The normalized spacial score (nSPS) is 15.3. The van der Waals surface area contributed by atoms with Crippen LogP contribution in [-0.4, -0.2) is 52.2 Å². The second-order valence-electron chi connectivity index (χ2n) is 5.09. The first-order valence-electron chi connectivity index (χ1n) is 7.26. The molecule has 110 valence electrons. The molecule has 1 amide bonds. The van der Waals surface area contributed by atoms with E-state index in [0.717, 1.165) is 43.1 Å². The van der Waals surface area contributed by atoms with E-state index in [2.05, 4.69) is 20.1 Å². The molecule has 2 aromatic heterocycles. The van der Waals surface area contributed by atoms with Crippen molar-refractivity contribution < 1.29 is 4.79 Å². The van der Waals surface area contributed by atoms with Gasteiger partial charge in [-0.2, -0.15) is 5.10 Å². The van der Waals surface area contributed by atoms with Crippen molar-refractivity contribution in [2.24, 2.45) is 0 Å². The van der Waals surface area contributed by atoms with Gasteiger partial charge in [0.05, 0.1) is 6.20 Å². The molecule has 2 aromatic rings. The first kappa shape index (κ1) is 13.6. The fraction of sp³-hybridized carbons (Fsp3) is 0.400. The SMILES string of the molecule is CCC(=O)N1CCN(c2[nH]ncc2-c2ccncc2)CC1. The van der Waals surface area contributed by atoms with Crippen molar-refractivity contribution in [1.82, 2.24) is 20.1 Å². The number of hydrogen-bond donors (Lipinski definition) is 1. The van der Waals surface area contributed by atoms with Crippen LogP contribution in [0.1, 0.15) is 13.3 Å². The Kier molecular flexibility index (Phi) is 3.85. The predicted molar refractivity (Wildman–Crippen MR) is 80.9 cm³/mol. The van der Waals surface area contributed by atoms with E-state index in [1.807, 2.05) is 30.2 Å². The Morgan fingerprint density at radius 3 is 2.62 bits per heavy atom. The number of pyridine rings is 1. The van der Waals surface area contributed by atoms with Crippen LogP contribution in [0.4, 0.5) is 5.82 Å². The standard InChI is InChI=1S/C15H19N5O/c1-2-14(21)19-7-9-20(10-8-19)15-13(11-17-18-15)12-3-5-16-6-4-12/h3-6,11H,2,7-10H2,1H3,(H,17,18). The molecule has 1 fully saturated rings. The van der Waals surface area contributed by atoms with Gasteiger partial charge in [0.15, 0.2) is 0 Å². The molecule has 0 bridgehead atoms. The Morgan fingerprint density at radius 1 is 1.24 bits per heavy atom. The monoisotopic (exact) mass is 285 g/mol. The number of carbonyl (C=O) groups is 1. The van der Waals surface area contributed by atoms with Gasteiger partial charge >= 0.3 is 0 Å². The van der Waals surface area contributed by atoms with Crippen molar-refractivity contribution in [2.75, 3.05) is 31.1 Å². The predicted octanol–water partition coefficient (Wildman–Crippen LogP) is 1.53. The van der Waals surface area contributed by atoms with E-state index in [-0.39, 0.29) is 5.91 Å². The molecule has 1 aliphatic rings. The van der Waals surface area contributed by atoms with Crippen LogP contribution in [0.15, 0.2) is 30.7 Å². The largest absolute Gasteiger partial charge is 0.353 e. The molecule has 0 aromatic carbocycles. The average molecular weight is 285 g/mol. The lowest BCUT2D eigenvalue weighted by molar-refractivity contribution is -0.131. The van der Waals surface area contributed by atoms with Crippen molar-refractivity contribution >= 4 is 11.7 Å². The quantitative estimate of drug-likeness (QED) is 0.929. The van der Waals surface area contributed by atoms with Crippen LogP contribution in [0.25, 0.3) is 11.1 Å². The number of anilines is 1. The zero-order valence-corrected chi connectivity index (χ0v) is 12.1. The third-order valence-corrected chi connectivity index (χ3v) is 3.86. The topological polar surface area (TPSA) is 65.1 Å². The minimum absolute atomic E-state index is 0.230. The average Bonchev–Trinajstić information content (AvgIpc) is 3.04. The Balaban J connectivity index is 1.75. The van der Waals surface area contributed by atoms with E-state index in [9.17, 15) is 4.79 Å². The minimum Gasteiger partial charge on any atom is -0.353 e. The first-order valence-corrected chi connectivity index (χ1v) is 7.26. The van der Waals surface area contributed by atoms with Gasteiger partial charge in [-0.1, -0.05) is 6.92 Å². The van der Waals surface area contributed by atoms with E-state index < -0.39 is 0 Å². The summed E-state index contributed by atoms with van der Waals surface area (Å²) in [7, 11) is 0. The van der Waals surface area contributed by atoms with Gasteiger partial charge in [-0.3, -0.25) is 14.9 Å². The number of amides is 1. The van der Waals surface area contributed by atoms with Gasteiger partial charge in [0.1, 0.15) is 5.82 Å². The summed E-state index contributed by atoms with van der Waals surface area (Å²) < 4.78 is 0. The minimum atomic E-state index is 0.230. The summed E-state index contributed by atoms with van der Waals surface area (Å²) in [6, 6.07) is 3.95. The number of H-pyrrole nitrogens is 1. The molecule has 0 saturated carbocycles. The van der Waals surface area contributed by atoms with E-state index in [4.69, 9.17) is 0 Å². The third-order valence-electron chi connectivity index (χ3n) is 3.86. The molecule has 0 spiro atoms. The van der Waals surface area contributed by atoms with Gasteiger partial charge < -0.3 is 9.80 Å². The van der Waals surface area contributed by atoms with Crippen molar-refractivity contribution in [3.63, 3.8) is 0 Å². The summed E-state index contributed by atoms with van der Waals surface area (Å²) in [5.74, 6) is 1.25. The number of piperazine rings is 1. The maximum atomic E-state index is 11.7. The van der Waals surface area contributed by atoms with Crippen LogP contribution in [0.2, 0.25) is 0 Å². The molecule has 3 rings (SSSR count). The lowest BCUT2D eigenvalue weighted by Crippen LogP contribution is -2.48. The van der Waals surface area contributed by atoms with Crippen molar-refractivity contribution in [3.05, 3.63) is 30.7 Å². The zero-order chi connectivity index (χ0) is 14.7. The maximum Gasteiger partial charge on any atom is 0.222 e. The zero-order valence-electron chi connectivity index (χ0n) is 12.1. The Morgan fingerprint density at radius 2 is 1.95 bits per heavy atom. The van der Waals surface area contributed by atoms with Gasteiger partial charge in [0, 0.05) is 50.6 Å². The molecule has 1 N–H and O–H groups in total. The third kappa shape index (κ3) is 2.74. The van der Waals surface area contributed by atoms with E-state index in [0.29, 0.717) is 6.42 Å². The van der Waals surface area contributed by atoms with E-state index >= 15 is 0 Å². The highest BCUT2D eigenvalue weighted by atomic mass is 16.2. The number of carbonyl (C=O) groups excluding carboxylic acids is 1.